The van der Waals surface area contributed by atoms with Gasteiger partial charge in [0.2, 0.25) is 0 Å². The molecule has 0 aliphatic heterocycles. The Morgan fingerprint density at radius 1 is 0.933 bits per heavy atom. The molecule has 0 bridgehead atoms. The molecule has 0 saturated heterocycles. The fourth-order valence-corrected chi connectivity index (χ4v) is 3.00. The molecular formula is C9H26N2O3Si. The molecule has 0 aliphatic carbocycles. The number of nitrogens with two attached hydrogens (primary N) is 2. The summed E-state index contributed by atoms with van der Waals surface area (Å²) in [7, 11) is 2.64. The lowest BCUT2D eigenvalue weighted by Crippen LogP contribution is -2.43. The second-order valence-corrected chi connectivity index (χ2v) is 6.47. The van der Waals surface area contributed by atoms with E-state index in [-0.39, 0.29) is 0 Å². The first-order valence-electron chi connectivity index (χ1n) is 5.07. The van der Waals surface area contributed by atoms with Gasteiger partial charge in [0.15, 0.2) is 0 Å². The second-order valence-electron chi connectivity index (χ2n) is 3.47. The molecule has 0 spiro atoms. The predicted molar refractivity (Wildman–Crippen MR) is 64.5 cm³/mol. The fraction of sp³-hybridized carbons (Fsp3) is 1.00. The van der Waals surface area contributed by atoms with Gasteiger partial charge < -0.3 is 24.7 Å². The Balaban J connectivity index is 0. The smallest absolute Gasteiger partial charge is 0.377 e. The van der Waals surface area contributed by atoms with Crippen LogP contribution in [0.25, 0.3) is 0 Å². The van der Waals surface area contributed by atoms with Crippen molar-refractivity contribution in [1.29, 1.82) is 0 Å². The monoisotopic (exact) mass is 238 g/mol. The Bertz CT molecular complexity index is 122. The van der Waals surface area contributed by atoms with E-state index in [2.05, 4.69) is 13.8 Å². The molecule has 0 atom stereocenters. The van der Waals surface area contributed by atoms with Gasteiger partial charge in [-0.2, -0.15) is 0 Å². The molecular weight excluding hydrogens is 212 g/mol. The van der Waals surface area contributed by atoms with Crippen LogP contribution >= 0.6 is 0 Å². The summed E-state index contributed by atoms with van der Waals surface area (Å²) in [6.07, 6.45) is 0. The van der Waals surface area contributed by atoms with Gasteiger partial charge in [0.25, 0.3) is 0 Å². The summed E-state index contributed by atoms with van der Waals surface area (Å²) < 4.78 is 15.7. The number of rotatable bonds is 6. The quantitative estimate of drug-likeness (QED) is 0.656. The minimum atomic E-state index is -2.28. The van der Waals surface area contributed by atoms with E-state index in [9.17, 15) is 0 Å². The third-order valence-corrected chi connectivity index (χ3v) is 4.94. The lowest BCUT2D eigenvalue weighted by atomic mass is 10.3. The Morgan fingerprint density at radius 3 is 1.33 bits per heavy atom. The van der Waals surface area contributed by atoms with Crippen molar-refractivity contribution in [3.05, 3.63) is 0 Å². The molecule has 94 valence electrons. The summed E-state index contributed by atoms with van der Waals surface area (Å²) >= 11 is 0. The molecule has 0 aromatic rings. The Labute approximate surface area is 94.4 Å². The first-order chi connectivity index (χ1) is 7.01. The Hall–Kier alpha value is 0.0169. The van der Waals surface area contributed by atoms with Crippen molar-refractivity contribution in [1.82, 2.24) is 0 Å². The maximum atomic E-state index is 5.24. The molecule has 0 fully saturated rings. The minimum Gasteiger partial charge on any atom is -0.377 e. The van der Waals surface area contributed by atoms with Crippen molar-refractivity contribution in [2.75, 3.05) is 34.4 Å². The molecule has 0 aromatic heterocycles. The molecule has 4 N–H and O–H groups in total. The molecule has 15 heavy (non-hydrogen) atoms. The van der Waals surface area contributed by atoms with Crippen LogP contribution in [0.4, 0.5) is 0 Å². The van der Waals surface area contributed by atoms with E-state index in [0.29, 0.717) is 19.0 Å². The Kier molecular flexibility index (Phi) is 12.2. The molecule has 0 unspecified atom stereocenters. The number of hydrogen-bond donors (Lipinski definition) is 2. The van der Waals surface area contributed by atoms with Crippen molar-refractivity contribution >= 4 is 8.80 Å². The largest absolute Gasteiger partial charge is 0.500 e. The standard InChI is InChI=1S/C7H18O3Si.C2H8N2/c1-7(2)6-11(8-3,9-4)10-5;3-1-2-4/h7H,6H2,1-5H3;1-4H2. The van der Waals surface area contributed by atoms with Gasteiger partial charge in [0, 0.05) is 40.5 Å². The molecule has 0 rings (SSSR count). The SMILES string of the molecule is CO[Si](CC(C)C)(OC)OC.NCCN. The maximum Gasteiger partial charge on any atom is 0.500 e. The van der Waals surface area contributed by atoms with Gasteiger partial charge in [-0.25, -0.2) is 0 Å². The van der Waals surface area contributed by atoms with Gasteiger partial charge >= 0.3 is 8.80 Å². The van der Waals surface area contributed by atoms with E-state index in [1.165, 1.54) is 0 Å². The summed E-state index contributed by atoms with van der Waals surface area (Å²) in [5.41, 5.74) is 9.81. The van der Waals surface area contributed by atoms with Crippen LogP contribution in [-0.2, 0) is 13.3 Å². The van der Waals surface area contributed by atoms with Crippen molar-refractivity contribution in [2.45, 2.75) is 19.9 Å². The van der Waals surface area contributed by atoms with E-state index < -0.39 is 8.80 Å². The van der Waals surface area contributed by atoms with Gasteiger partial charge in [0.1, 0.15) is 0 Å². The van der Waals surface area contributed by atoms with Crippen molar-refractivity contribution in [2.24, 2.45) is 17.4 Å². The van der Waals surface area contributed by atoms with E-state index in [1.54, 1.807) is 21.3 Å². The summed E-state index contributed by atoms with van der Waals surface area (Å²) in [5.74, 6) is 0.543. The van der Waals surface area contributed by atoms with Gasteiger partial charge in [-0.05, 0) is 5.92 Å². The zero-order chi connectivity index (χ0) is 12.3. The summed E-state index contributed by atoms with van der Waals surface area (Å²) in [6.45, 7) is 5.44. The molecule has 0 heterocycles. The summed E-state index contributed by atoms with van der Waals surface area (Å²) in [6, 6.07) is 0.872. The zero-order valence-corrected chi connectivity index (χ0v) is 11.6. The molecule has 0 aliphatic rings. The average molecular weight is 238 g/mol. The van der Waals surface area contributed by atoms with E-state index in [1.807, 2.05) is 0 Å². The highest BCUT2D eigenvalue weighted by atomic mass is 28.4. The predicted octanol–water partition coefficient (Wildman–Crippen LogP) is 0.424. The molecule has 0 saturated carbocycles. The molecule has 6 heteroatoms. The van der Waals surface area contributed by atoms with Gasteiger partial charge in [0.05, 0.1) is 0 Å². The highest BCUT2D eigenvalue weighted by Gasteiger charge is 2.38. The lowest BCUT2D eigenvalue weighted by molar-refractivity contribution is 0.119. The van der Waals surface area contributed by atoms with Gasteiger partial charge in [-0.3, -0.25) is 0 Å². The van der Waals surface area contributed by atoms with Gasteiger partial charge in [-0.1, -0.05) is 13.8 Å². The van der Waals surface area contributed by atoms with Crippen molar-refractivity contribution in [3.8, 4) is 0 Å². The first kappa shape index (κ1) is 17.4. The second kappa shape index (κ2) is 10.5. The first-order valence-corrected chi connectivity index (χ1v) is 7.00. The van der Waals surface area contributed by atoms with Crippen molar-refractivity contribution in [3.63, 3.8) is 0 Å². The third-order valence-electron chi connectivity index (χ3n) is 1.76. The van der Waals surface area contributed by atoms with Crippen LogP contribution in [0.15, 0.2) is 0 Å². The van der Waals surface area contributed by atoms with Crippen LogP contribution in [0.1, 0.15) is 13.8 Å². The summed E-state index contributed by atoms with van der Waals surface area (Å²) in [4.78, 5) is 0. The highest BCUT2D eigenvalue weighted by Crippen LogP contribution is 2.18. The van der Waals surface area contributed by atoms with Crippen LogP contribution in [0.5, 0.6) is 0 Å². The van der Waals surface area contributed by atoms with Crippen LogP contribution < -0.4 is 11.5 Å². The van der Waals surface area contributed by atoms with Crippen LogP contribution in [-0.4, -0.2) is 43.2 Å². The van der Waals surface area contributed by atoms with E-state index in [0.717, 1.165) is 6.04 Å². The lowest BCUT2D eigenvalue weighted by Gasteiger charge is -2.25. The number of hydrogen-bond acceptors (Lipinski definition) is 5. The topological polar surface area (TPSA) is 79.7 Å². The Morgan fingerprint density at radius 2 is 1.27 bits per heavy atom. The minimum absolute atomic E-state index is 0.543. The van der Waals surface area contributed by atoms with E-state index >= 15 is 0 Å². The van der Waals surface area contributed by atoms with Gasteiger partial charge in [-0.15, -0.1) is 0 Å². The van der Waals surface area contributed by atoms with Crippen LogP contribution in [0, 0.1) is 5.92 Å². The van der Waals surface area contributed by atoms with Crippen LogP contribution in [0.2, 0.25) is 6.04 Å². The molecule has 0 aromatic carbocycles. The zero-order valence-electron chi connectivity index (χ0n) is 10.6. The van der Waals surface area contributed by atoms with E-state index in [4.69, 9.17) is 24.7 Å². The van der Waals surface area contributed by atoms with Crippen LogP contribution in [0.3, 0.4) is 0 Å². The molecule has 0 radical (unpaired) electrons. The fourth-order valence-electron chi connectivity index (χ4n) is 1.00. The third kappa shape index (κ3) is 8.98. The normalized spacial score (nSPS) is 11.2. The molecule has 5 nitrogen and oxygen atoms in total. The molecule has 0 amide bonds. The summed E-state index contributed by atoms with van der Waals surface area (Å²) in [5, 5.41) is 0. The maximum absolute atomic E-state index is 5.24. The highest BCUT2D eigenvalue weighted by molar-refractivity contribution is 6.60. The average Bonchev–Trinajstić information content (AvgIpc) is 2.26. The van der Waals surface area contributed by atoms with Crippen molar-refractivity contribution < 1.29 is 13.3 Å².